The van der Waals surface area contributed by atoms with Crippen LogP contribution in [0.15, 0.2) is 121 Å². The van der Waals surface area contributed by atoms with E-state index in [0.717, 1.165) is 44.6 Å². The number of benzene rings is 6. The molecule has 8 rings (SSSR count). The minimum absolute atomic E-state index is 0.290. The minimum atomic E-state index is -1.49. The van der Waals surface area contributed by atoms with Crippen LogP contribution < -0.4 is 10.9 Å². The van der Waals surface area contributed by atoms with Crippen LogP contribution in [-0.2, 0) is 0 Å². The lowest BCUT2D eigenvalue weighted by Crippen LogP contribution is -2.30. The molecule has 0 saturated heterocycles. The molecule has 2 aromatic heterocycles. The second-order valence-corrected chi connectivity index (χ2v) is 16.3. The number of para-hydroxylation sites is 2. The van der Waals surface area contributed by atoms with E-state index in [0.29, 0.717) is 22.8 Å². The zero-order valence-corrected chi connectivity index (χ0v) is 33.7. The molecule has 2 heterocycles. The Balaban J connectivity index is 0.000000172. The predicted octanol–water partition coefficient (Wildman–Crippen LogP) is 9.42. The summed E-state index contributed by atoms with van der Waals surface area (Å²) in [5, 5.41) is 44.2. The summed E-state index contributed by atoms with van der Waals surface area (Å²) in [6, 6.07) is 41.9. The van der Waals surface area contributed by atoms with E-state index in [9.17, 15) is 20.1 Å². The second kappa shape index (κ2) is 15.8. The van der Waals surface area contributed by atoms with Gasteiger partial charge in [0.25, 0.3) is 0 Å². The summed E-state index contributed by atoms with van der Waals surface area (Å²) in [4.78, 5) is 0. The van der Waals surface area contributed by atoms with Crippen LogP contribution in [0.5, 0.6) is 0 Å². The first-order valence-electron chi connectivity index (χ1n) is 19.8. The molecule has 8 aromatic rings. The third-order valence-corrected chi connectivity index (χ3v) is 11.1. The predicted molar refractivity (Wildman–Crippen MR) is 238 cm³/mol. The molecular formula is C48H52B2N2O4. The van der Waals surface area contributed by atoms with Gasteiger partial charge >= 0.3 is 14.2 Å². The minimum Gasteiger partial charge on any atom is -0.423 e. The van der Waals surface area contributed by atoms with Gasteiger partial charge in [0, 0.05) is 32.9 Å². The van der Waals surface area contributed by atoms with Crippen molar-refractivity contribution in [2.24, 2.45) is 0 Å². The topological polar surface area (TPSA) is 90.8 Å². The molecule has 56 heavy (non-hydrogen) atoms. The van der Waals surface area contributed by atoms with Crippen molar-refractivity contribution in [1.82, 2.24) is 9.13 Å². The van der Waals surface area contributed by atoms with Gasteiger partial charge < -0.3 is 29.2 Å². The molecule has 8 heteroatoms. The molecule has 0 fully saturated rings. The number of hydrogen-bond acceptors (Lipinski definition) is 4. The third-order valence-electron chi connectivity index (χ3n) is 11.1. The summed E-state index contributed by atoms with van der Waals surface area (Å²) in [5.74, 6) is 1.51. The summed E-state index contributed by atoms with van der Waals surface area (Å²) >= 11 is 0. The fraction of sp³-hybridized carbons (Fsp3) is 0.250. The van der Waals surface area contributed by atoms with Crippen molar-refractivity contribution in [3.05, 3.63) is 144 Å². The molecule has 6 aromatic carbocycles. The van der Waals surface area contributed by atoms with Crippen molar-refractivity contribution in [3.63, 3.8) is 0 Å². The fourth-order valence-electron chi connectivity index (χ4n) is 7.80. The molecule has 0 radical (unpaired) electrons. The Morgan fingerprint density at radius 3 is 1.04 bits per heavy atom. The van der Waals surface area contributed by atoms with E-state index in [1.807, 2.05) is 24.3 Å². The lowest BCUT2D eigenvalue weighted by molar-refractivity contribution is 0.424. The summed E-state index contributed by atoms with van der Waals surface area (Å²) < 4.78 is 4.46. The quantitative estimate of drug-likeness (QED) is 0.117. The Morgan fingerprint density at radius 2 is 0.696 bits per heavy atom. The first-order chi connectivity index (χ1) is 26.7. The van der Waals surface area contributed by atoms with Gasteiger partial charge in [0.2, 0.25) is 0 Å². The van der Waals surface area contributed by atoms with Crippen molar-refractivity contribution in [2.45, 2.75) is 79.1 Å². The zero-order valence-electron chi connectivity index (χ0n) is 33.7. The first-order valence-corrected chi connectivity index (χ1v) is 19.8. The lowest BCUT2D eigenvalue weighted by Gasteiger charge is -2.15. The Labute approximate surface area is 331 Å². The Kier molecular flexibility index (Phi) is 11.0. The molecule has 0 aliphatic heterocycles. The molecule has 4 N–H and O–H groups in total. The van der Waals surface area contributed by atoms with E-state index in [-0.39, 0.29) is 11.8 Å². The molecule has 0 aliphatic carbocycles. The summed E-state index contributed by atoms with van der Waals surface area (Å²) in [5.41, 5.74) is 12.3. The monoisotopic (exact) mass is 742 g/mol. The first kappa shape index (κ1) is 39.1. The van der Waals surface area contributed by atoms with Crippen molar-refractivity contribution < 1.29 is 20.1 Å². The van der Waals surface area contributed by atoms with Gasteiger partial charge in [0.05, 0.1) is 22.1 Å². The Morgan fingerprint density at radius 1 is 0.357 bits per heavy atom. The highest BCUT2D eigenvalue weighted by atomic mass is 16.4. The highest BCUT2D eigenvalue weighted by Crippen LogP contribution is 2.36. The molecule has 0 unspecified atom stereocenters. The van der Waals surface area contributed by atoms with E-state index >= 15 is 0 Å². The molecule has 284 valence electrons. The van der Waals surface area contributed by atoms with Crippen LogP contribution in [0, 0.1) is 0 Å². The molecule has 0 saturated carbocycles. The van der Waals surface area contributed by atoms with Gasteiger partial charge in [-0.1, -0.05) is 116 Å². The molecule has 0 amide bonds. The fourth-order valence-corrected chi connectivity index (χ4v) is 7.80. The van der Waals surface area contributed by atoms with E-state index in [1.165, 1.54) is 32.7 Å². The highest BCUT2D eigenvalue weighted by molar-refractivity contribution is 6.59. The molecule has 0 bridgehead atoms. The van der Waals surface area contributed by atoms with Crippen LogP contribution in [0.25, 0.3) is 55.0 Å². The van der Waals surface area contributed by atoms with E-state index in [4.69, 9.17) is 0 Å². The number of rotatable bonds is 8. The van der Waals surface area contributed by atoms with Gasteiger partial charge in [0.15, 0.2) is 0 Å². The van der Waals surface area contributed by atoms with Crippen molar-refractivity contribution >= 4 is 68.8 Å². The Bertz CT molecular complexity index is 2450. The third kappa shape index (κ3) is 7.42. The van der Waals surface area contributed by atoms with Crippen molar-refractivity contribution in [3.8, 4) is 11.4 Å². The smallest absolute Gasteiger partial charge is 0.423 e. The van der Waals surface area contributed by atoms with E-state index in [1.54, 1.807) is 0 Å². The maximum absolute atomic E-state index is 9.82. The Hall–Kier alpha value is -5.11. The van der Waals surface area contributed by atoms with E-state index < -0.39 is 14.2 Å². The van der Waals surface area contributed by atoms with Gasteiger partial charge in [-0.05, 0) is 118 Å². The molecular weight excluding hydrogens is 690 g/mol. The second-order valence-electron chi connectivity index (χ2n) is 16.3. The standard InChI is InChI=1S/2C24H26BNO2/c2*1-15(2)17-9-10-24-22(13-17)21-7-5-6-8-23(21)26(24)20-12-18(16(3)4)11-19(14-20)25(27)28/h2*5-16,27-28H,1-4H3. The largest absolute Gasteiger partial charge is 0.488 e. The summed E-state index contributed by atoms with van der Waals surface area (Å²) in [6.45, 7) is 17.3. The average molecular weight is 743 g/mol. The maximum Gasteiger partial charge on any atom is 0.488 e. The SMILES string of the molecule is CC(C)c1cc(B(O)O)cc(-n2c3ccccc3c3cc(C(C)C)ccc32)c1.CC(C)c1cc(B(O)O)cc(-n2c3ccccc3c3cc(C(C)C)ccc32)c1. The van der Waals surface area contributed by atoms with Crippen molar-refractivity contribution in [1.29, 1.82) is 0 Å². The van der Waals surface area contributed by atoms with Crippen molar-refractivity contribution in [2.75, 3.05) is 0 Å². The molecule has 6 nitrogen and oxygen atoms in total. The van der Waals surface area contributed by atoms with Gasteiger partial charge in [0.1, 0.15) is 0 Å². The van der Waals surface area contributed by atoms with Crippen LogP contribution in [-0.4, -0.2) is 43.5 Å². The molecule has 0 aliphatic rings. The summed E-state index contributed by atoms with van der Waals surface area (Å²) in [6.07, 6.45) is 0. The van der Waals surface area contributed by atoms with Crippen LogP contribution in [0.3, 0.4) is 0 Å². The molecule has 0 spiro atoms. The maximum atomic E-state index is 9.82. The zero-order chi connectivity index (χ0) is 40.0. The van der Waals surface area contributed by atoms with Crippen LogP contribution in [0.4, 0.5) is 0 Å². The number of nitrogens with zero attached hydrogens (tertiary/aromatic N) is 2. The number of fused-ring (bicyclic) bond motifs is 6. The van der Waals surface area contributed by atoms with Crippen LogP contribution in [0.2, 0.25) is 0 Å². The van der Waals surface area contributed by atoms with Gasteiger partial charge in [-0.2, -0.15) is 0 Å². The van der Waals surface area contributed by atoms with Gasteiger partial charge in [-0.25, -0.2) is 0 Å². The molecule has 0 atom stereocenters. The van der Waals surface area contributed by atoms with Gasteiger partial charge in [-0.15, -0.1) is 0 Å². The summed E-state index contributed by atoms with van der Waals surface area (Å²) in [7, 11) is -2.98. The highest BCUT2D eigenvalue weighted by Gasteiger charge is 2.20. The average Bonchev–Trinajstić information content (AvgIpc) is 3.70. The van der Waals surface area contributed by atoms with E-state index in [2.05, 4.69) is 162 Å². The lowest BCUT2D eigenvalue weighted by atomic mass is 9.78. The number of aromatic nitrogens is 2. The van der Waals surface area contributed by atoms with Crippen LogP contribution in [0.1, 0.15) is 101 Å². The van der Waals surface area contributed by atoms with Crippen LogP contribution >= 0.6 is 0 Å². The van der Waals surface area contributed by atoms with Gasteiger partial charge in [-0.3, -0.25) is 0 Å². The normalized spacial score (nSPS) is 11.9. The number of hydrogen-bond donors (Lipinski definition) is 4.